The molecule has 0 heterocycles. The zero-order valence-corrected chi connectivity index (χ0v) is 19.2. The lowest BCUT2D eigenvalue weighted by atomic mass is 10.0. The van der Waals surface area contributed by atoms with Crippen LogP contribution in [0.1, 0.15) is 40.9 Å². The van der Waals surface area contributed by atoms with Crippen molar-refractivity contribution in [3.63, 3.8) is 0 Å². The van der Waals surface area contributed by atoms with Crippen LogP contribution in [0.4, 0.5) is 0 Å². The second kappa shape index (κ2) is 8.98. The summed E-state index contributed by atoms with van der Waals surface area (Å²) in [6.07, 6.45) is 5.38. The number of thioether (sulfide) groups is 1. The number of carbonyl (C=O) groups excluding carboxylic acids is 1. The van der Waals surface area contributed by atoms with E-state index in [0.717, 1.165) is 27.5 Å². The van der Waals surface area contributed by atoms with Crippen molar-refractivity contribution in [2.75, 3.05) is 6.26 Å². The molecular formula is C26H26O4S. The highest BCUT2D eigenvalue weighted by Gasteiger charge is 2.30. The molecule has 0 amide bonds. The first kappa shape index (κ1) is 22.6. The van der Waals surface area contributed by atoms with E-state index in [9.17, 15) is 14.7 Å². The van der Waals surface area contributed by atoms with Gasteiger partial charge in [-0.3, -0.25) is 4.79 Å². The molecule has 3 aromatic carbocycles. The van der Waals surface area contributed by atoms with Gasteiger partial charge >= 0.3 is 5.97 Å². The summed E-state index contributed by atoms with van der Waals surface area (Å²) in [5.74, 6) is -0.547. The monoisotopic (exact) mass is 434 g/mol. The second-order valence-electron chi connectivity index (χ2n) is 8.03. The van der Waals surface area contributed by atoms with E-state index in [1.165, 1.54) is 18.7 Å². The van der Waals surface area contributed by atoms with Crippen molar-refractivity contribution < 1.29 is 19.4 Å². The van der Waals surface area contributed by atoms with Crippen LogP contribution < -0.4 is 4.74 Å². The van der Waals surface area contributed by atoms with Crippen LogP contribution in [0, 0.1) is 13.8 Å². The van der Waals surface area contributed by atoms with Crippen molar-refractivity contribution in [3.8, 4) is 5.75 Å². The molecule has 0 unspecified atom stereocenters. The zero-order chi connectivity index (χ0) is 22.8. The van der Waals surface area contributed by atoms with E-state index in [1.54, 1.807) is 23.9 Å². The van der Waals surface area contributed by atoms with Gasteiger partial charge in [-0.15, -0.1) is 11.8 Å². The molecule has 0 aliphatic rings. The van der Waals surface area contributed by atoms with Crippen LogP contribution >= 0.6 is 11.8 Å². The highest BCUT2D eigenvalue weighted by Crippen LogP contribution is 2.29. The number of allylic oxidation sites excluding steroid dienone is 1. The minimum atomic E-state index is -1.32. The summed E-state index contributed by atoms with van der Waals surface area (Å²) in [5, 5.41) is 11.5. The Morgan fingerprint density at radius 2 is 1.58 bits per heavy atom. The fourth-order valence-electron chi connectivity index (χ4n) is 3.31. The molecule has 0 saturated heterocycles. The maximum atomic E-state index is 12.7. The summed E-state index contributed by atoms with van der Waals surface area (Å²) in [6, 6.07) is 15.7. The summed E-state index contributed by atoms with van der Waals surface area (Å²) < 4.78 is 5.74. The molecule has 0 saturated carbocycles. The number of aryl methyl sites for hydroxylation is 2. The van der Waals surface area contributed by atoms with Gasteiger partial charge in [-0.2, -0.15) is 0 Å². The third-order valence-corrected chi connectivity index (χ3v) is 5.84. The van der Waals surface area contributed by atoms with Crippen LogP contribution in [0.25, 0.3) is 16.8 Å². The predicted octanol–water partition coefficient (Wildman–Crippen LogP) is 6.32. The van der Waals surface area contributed by atoms with Crippen LogP contribution in [-0.4, -0.2) is 28.7 Å². The first-order valence-electron chi connectivity index (χ1n) is 9.94. The summed E-state index contributed by atoms with van der Waals surface area (Å²) >= 11 is 1.69. The lowest BCUT2D eigenvalue weighted by Crippen LogP contribution is -2.38. The average molecular weight is 435 g/mol. The Kier molecular flexibility index (Phi) is 6.56. The van der Waals surface area contributed by atoms with Crippen LogP contribution in [-0.2, 0) is 4.79 Å². The number of carboxylic acid groups (broad SMARTS) is 1. The molecule has 5 heteroatoms. The molecule has 160 valence electrons. The van der Waals surface area contributed by atoms with Crippen LogP contribution in [0.15, 0.2) is 59.5 Å². The van der Waals surface area contributed by atoms with Crippen LogP contribution in [0.3, 0.4) is 0 Å². The molecule has 4 nitrogen and oxygen atoms in total. The first-order chi connectivity index (χ1) is 14.6. The number of ketones is 1. The SMILES string of the molecule is CSc1ccc2cc(C(=O)/C=C/c3cc(C)c(OC(C)(C)C(=O)O)c(C)c3)ccc2c1. The van der Waals surface area contributed by atoms with E-state index in [-0.39, 0.29) is 5.78 Å². The van der Waals surface area contributed by atoms with Gasteiger partial charge in [0.2, 0.25) is 0 Å². The predicted molar refractivity (Wildman–Crippen MR) is 127 cm³/mol. The Morgan fingerprint density at radius 3 is 2.19 bits per heavy atom. The molecule has 0 atom stereocenters. The normalized spacial score (nSPS) is 11.8. The molecule has 3 aromatic rings. The Morgan fingerprint density at radius 1 is 0.968 bits per heavy atom. The molecule has 0 fully saturated rings. The van der Waals surface area contributed by atoms with Gasteiger partial charge in [0, 0.05) is 10.5 Å². The van der Waals surface area contributed by atoms with Gasteiger partial charge in [0.15, 0.2) is 11.4 Å². The largest absolute Gasteiger partial charge is 0.478 e. The standard InChI is InChI=1S/C26H26O4S/c1-16-12-18(13-17(2)24(16)30-26(3,4)25(28)29)6-11-23(27)21-8-7-20-15-22(31-5)10-9-19(20)14-21/h6-15H,1-5H3,(H,28,29)/b11-6+. The summed E-state index contributed by atoms with van der Waals surface area (Å²) in [5.41, 5.74) is 1.80. The molecule has 1 N–H and O–H groups in total. The number of fused-ring (bicyclic) bond motifs is 1. The average Bonchev–Trinajstić information content (AvgIpc) is 2.73. The number of benzene rings is 3. The second-order valence-corrected chi connectivity index (χ2v) is 8.91. The highest BCUT2D eigenvalue weighted by atomic mass is 32.2. The van der Waals surface area contributed by atoms with Gasteiger partial charge in [0.1, 0.15) is 5.75 Å². The molecule has 31 heavy (non-hydrogen) atoms. The van der Waals surface area contributed by atoms with Crippen molar-refractivity contribution in [2.45, 2.75) is 38.2 Å². The number of hydrogen-bond acceptors (Lipinski definition) is 4. The molecular weight excluding hydrogens is 408 g/mol. The van der Waals surface area contributed by atoms with E-state index in [2.05, 4.69) is 12.1 Å². The Bertz CT molecular complexity index is 1170. The number of carbonyl (C=O) groups is 2. The third-order valence-electron chi connectivity index (χ3n) is 5.11. The van der Waals surface area contributed by atoms with E-state index < -0.39 is 11.6 Å². The lowest BCUT2D eigenvalue weighted by Gasteiger charge is -2.24. The third kappa shape index (κ3) is 5.17. The summed E-state index contributed by atoms with van der Waals surface area (Å²) in [4.78, 5) is 25.3. The van der Waals surface area contributed by atoms with Gasteiger partial charge in [-0.25, -0.2) is 4.79 Å². The van der Waals surface area contributed by atoms with Crippen molar-refractivity contribution in [1.29, 1.82) is 0 Å². The summed E-state index contributed by atoms with van der Waals surface area (Å²) in [7, 11) is 0. The fourth-order valence-corrected chi connectivity index (χ4v) is 3.76. The van der Waals surface area contributed by atoms with Crippen LogP contribution in [0.5, 0.6) is 5.75 Å². The van der Waals surface area contributed by atoms with Crippen molar-refractivity contribution in [1.82, 2.24) is 0 Å². The topological polar surface area (TPSA) is 63.6 Å². The maximum absolute atomic E-state index is 12.7. The lowest BCUT2D eigenvalue weighted by molar-refractivity contribution is -0.152. The Hall–Kier alpha value is -3.05. The quantitative estimate of drug-likeness (QED) is 0.268. The zero-order valence-electron chi connectivity index (χ0n) is 18.4. The van der Waals surface area contributed by atoms with Crippen LogP contribution in [0.2, 0.25) is 0 Å². The summed E-state index contributed by atoms with van der Waals surface area (Å²) in [6.45, 7) is 6.77. The molecule has 0 spiro atoms. The maximum Gasteiger partial charge on any atom is 0.347 e. The van der Waals surface area contributed by atoms with Gasteiger partial charge in [0.05, 0.1) is 0 Å². The number of carboxylic acids is 1. The van der Waals surface area contributed by atoms with Crippen molar-refractivity contribution in [2.24, 2.45) is 0 Å². The number of rotatable bonds is 7. The van der Waals surface area contributed by atoms with Crippen molar-refractivity contribution >= 4 is 40.4 Å². The number of hydrogen-bond donors (Lipinski definition) is 1. The first-order valence-corrected chi connectivity index (χ1v) is 11.2. The van der Waals surface area contributed by atoms with Gasteiger partial charge < -0.3 is 9.84 Å². The van der Waals surface area contributed by atoms with Gasteiger partial charge in [0.25, 0.3) is 0 Å². The van der Waals surface area contributed by atoms with E-state index in [0.29, 0.717) is 11.3 Å². The number of aliphatic carboxylic acids is 1. The number of ether oxygens (including phenoxy) is 1. The molecule has 0 aromatic heterocycles. The highest BCUT2D eigenvalue weighted by molar-refractivity contribution is 7.98. The van der Waals surface area contributed by atoms with Crippen molar-refractivity contribution in [3.05, 3.63) is 76.9 Å². The minimum absolute atomic E-state index is 0.0708. The molecule has 0 aliphatic carbocycles. The molecule has 3 rings (SSSR count). The van der Waals surface area contributed by atoms with E-state index in [4.69, 9.17) is 4.74 Å². The molecule has 0 bridgehead atoms. The van der Waals surface area contributed by atoms with E-state index >= 15 is 0 Å². The molecule has 0 aliphatic heterocycles. The smallest absolute Gasteiger partial charge is 0.347 e. The molecule has 0 radical (unpaired) electrons. The Balaban J connectivity index is 1.82. The fraction of sp³-hybridized carbons (Fsp3) is 0.231. The van der Waals surface area contributed by atoms with Gasteiger partial charge in [-0.1, -0.05) is 24.3 Å². The van der Waals surface area contributed by atoms with Gasteiger partial charge in [-0.05, 0) is 97.8 Å². The minimum Gasteiger partial charge on any atom is -0.478 e. The van der Waals surface area contributed by atoms with E-state index in [1.807, 2.05) is 56.5 Å². The Labute approximate surface area is 186 Å².